The molecule has 0 aliphatic carbocycles. The molecule has 20 heavy (non-hydrogen) atoms. The molecule has 0 saturated carbocycles. The first-order chi connectivity index (χ1) is 9.60. The number of hydrogen-bond acceptors (Lipinski definition) is 4. The molecule has 0 aliphatic rings. The fraction of sp³-hybridized carbons (Fsp3) is 0.286. The van der Waals surface area contributed by atoms with Crippen molar-refractivity contribution >= 4 is 45.5 Å². The second-order valence-corrected chi connectivity index (χ2v) is 7.23. The molecule has 0 N–H and O–H groups in total. The van der Waals surface area contributed by atoms with E-state index in [1.54, 1.807) is 32.7 Å². The van der Waals surface area contributed by atoms with Gasteiger partial charge in [-0.2, -0.15) is 0 Å². The Morgan fingerprint density at radius 2 is 1.65 bits per heavy atom. The Bertz CT molecular complexity index is 575. The van der Waals surface area contributed by atoms with Crippen LogP contribution in [0, 0.1) is 2.88 Å². The first kappa shape index (κ1) is 15.7. The van der Waals surface area contributed by atoms with E-state index < -0.39 is 0 Å². The van der Waals surface area contributed by atoms with Crippen LogP contribution in [0.5, 0.6) is 17.2 Å². The molecule has 1 unspecified atom stereocenters. The minimum Gasteiger partial charge on any atom is -0.496 e. The molecule has 1 aromatic heterocycles. The molecule has 0 amide bonds. The van der Waals surface area contributed by atoms with E-state index in [-0.39, 0.29) is 5.38 Å². The molecular weight excluding hydrogens is 411 g/mol. The lowest BCUT2D eigenvalue weighted by molar-refractivity contribution is 0.369. The second-order valence-electron chi connectivity index (χ2n) is 3.99. The Kier molecular flexibility index (Phi) is 5.40. The maximum Gasteiger partial charge on any atom is 0.131 e. The smallest absolute Gasteiger partial charge is 0.131 e. The number of alkyl halides is 1. The van der Waals surface area contributed by atoms with Crippen molar-refractivity contribution in [2.24, 2.45) is 0 Å². The van der Waals surface area contributed by atoms with Crippen LogP contribution in [0.1, 0.15) is 16.5 Å². The summed E-state index contributed by atoms with van der Waals surface area (Å²) in [7, 11) is 4.82. The van der Waals surface area contributed by atoms with E-state index in [1.165, 1.54) is 2.88 Å². The van der Waals surface area contributed by atoms with E-state index >= 15 is 0 Å². The molecule has 0 aliphatic heterocycles. The Morgan fingerprint density at radius 3 is 2.05 bits per heavy atom. The van der Waals surface area contributed by atoms with Gasteiger partial charge in [-0.25, -0.2) is 0 Å². The molecule has 108 valence electrons. The number of thiophene rings is 1. The van der Waals surface area contributed by atoms with Crippen LogP contribution in [0.2, 0.25) is 0 Å². The number of halogens is 2. The van der Waals surface area contributed by atoms with Crippen molar-refractivity contribution in [3.8, 4) is 17.2 Å². The Morgan fingerprint density at radius 1 is 1.05 bits per heavy atom. The average molecular weight is 425 g/mol. The van der Waals surface area contributed by atoms with Gasteiger partial charge >= 0.3 is 0 Å². The predicted molar refractivity (Wildman–Crippen MR) is 90.8 cm³/mol. The highest BCUT2D eigenvalue weighted by Gasteiger charge is 2.23. The first-order valence-electron chi connectivity index (χ1n) is 5.78. The summed E-state index contributed by atoms with van der Waals surface area (Å²) in [5.41, 5.74) is 1.84. The third-order valence-electron chi connectivity index (χ3n) is 2.89. The lowest BCUT2D eigenvalue weighted by Gasteiger charge is -2.18. The summed E-state index contributed by atoms with van der Waals surface area (Å²) in [4.78, 5) is 0. The van der Waals surface area contributed by atoms with Gasteiger partial charge in [0, 0.05) is 12.1 Å². The number of ether oxygens (including phenoxy) is 3. The topological polar surface area (TPSA) is 27.7 Å². The highest BCUT2D eigenvalue weighted by atomic mass is 127. The molecule has 0 fully saturated rings. The molecule has 3 nitrogen and oxygen atoms in total. The third kappa shape index (κ3) is 3.15. The minimum atomic E-state index is -0.328. The number of methoxy groups -OCH3 is 3. The largest absolute Gasteiger partial charge is 0.496 e. The molecule has 2 rings (SSSR count). The van der Waals surface area contributed by atoms with Crippen LogP contribution >= 0.6 is 45.5 Å². The maximum absolute atomic E-state index is 6.61. The lowest BCUT2D eigenvalue weighted by Crippen LogP contribution is -2.01. The van der Waals surface area contributed by atoms with Crippen molar-refractivity contribution in [2.45, 2.75) is 5.38 Å². The molecular formula is C14H14ClIO3S. The summed E-state index contributed by atoms with van der Waals surface area (Å²) in [6, 6.07) is 5.68. The van der Waals surface area contributed by atoms with E-state index in [2.05, 4.69) is 28.7 Å². The summed E-state index contributed by atoms with van der Waals surface area (Å²) in [5.74, 6) is 1.98. The zero-order valence-electron chi connectivity index (χ0n) is 11.3. The van der Waals surface area contributed by atoms with Gasteiger partial charge in [-0.3, -0.25) is 0 Å². The van der Waals surface area contributed by atoms with E-state index in [4.69, 9.17) is 25.8 Å². The van der Waals surface area contributed by atoms with Crippen LogP contribution in [0.15, 0.2) is 23.6 Å². The van der Waals surface area contributed by atoms with E-state index in [0.717, 1.165) is 11.1 Å². The monoisotopic (exact) mass is 424 g/mol. The molecule has 0 radical (unpaired) electrons. The van der Waals surface area contributed by atoms with E-state index in [1.807, 2.05) is 17.5 Å². The Labute approximate surface area is 140 Å². The molecule has 2 aromatic rings. The third-order valence-corrected chi connectivity index (χ3v) is 5.16. The number of rotatable bonds is 5. The minimum absolute atomic E-state index is 0.328. The van der Waals surface area contributed by atoms with Gasteiger partial charge in [0.1, 0.15) is 17.2 Å². The normalized spacial score (nSPS) is 12.1. The van der Waals surface area contributed by atoms with Gasteiger partial charge < -0.3 is 14.2 Å². The molecule has 1 aromatic carbocycles. The standard InChI is InChI=1S/C14H14ClIO3S/c1-17-9-5-10(18-2)13(11(6-9)19-3)14(15)8-4-12(16)20-7-8/h4-7,14H,1-3H3. The van der Waals surface area contributed by atoms with Gasteiger partial charge in [0.25, 0.3) is 0 Å². The lowest BCUT2D eigenvalue weighted by atomic mass is 10.0. The van der Waals surface area contributed by atoms with Gasteiger partial charge in [-0.1, -0.05) is 0 Å². The van der Waals surface area contributed by atoms with Gasteiger partial charge in [0.05, 0.1) is 35.2 Å². The Balaban J connectivity index is 2.53. The summed E-state index contributed by atoms with van der Waals surface area (Å²) in [5, 5.41) is 1.72. The molecule has 1 atom stereocenters. The van der Waals surface area contributed by atoms with Gasteiger partial charge in [0.15, 0.2) is 0 Å². The van der Waals surface area contributed by atoms with Crippen molar-refractivity contribution in [2.75, 3.05) is 21.3 Å². The van der Waals surface area contributed by atoms with Crippen molar-refractivity contribution in [3.63, 3.8) is 0 Å². The fourth-order valence-electron chi connectivity index (χ4n) is 1.91. The SMILES string of the molecule is COc1cc(OC)c(C(Cl)c2csc(I)c2)c(OC)c1. The van der Waals surface area contributed by atoms with Crippen LogP contribution in [-0.4, -0.2) is 21.3 Å². The molecule has 0 bridgehead atoms. The summed E-state index contributed by atoms with van der Waals surface area (Å²) >= 11 is 10.5. The molecule has 1 heterocycles. The summed E-state index contributed by atoms with van der Waals surface area (Å²) < 4.78 is 17.3. The van der Waals surface area contributed by atoms with Crippen molar-refractivity contribution in [1.29, 1.82) is 0 Å². The fourth-order valence-corrected chi connectivity index (χ4v) is 3.72. The Hall–Kier alpha value is -0.660. The van der Waals surface area contributed by atoms with Crippen LogP contribution in [-0.2, 0) is 0 Å². The number of benzene rings is 1. The van der Waals surface area contributed by atoms with Crippen molar-refractivity contribution in [1.82, 2.24) is 0 Å². The zero-order chi connectivity index (χ0) is 14.7. The molecule has 0 spiro atoms. The highest BCUT2D eigenvalue weighted by Crippen LogP contribution is 2.44. The predicted octanol–water partition coefficient (Wildman–Crippen LogP) is 4.71. The van der Waals surface area contributed by atoms with E-state index in [9.17, 15) is 0 Å². The van der Waals surface area contributed by atoms with Gasteiger partial charge in [-0.15, -0.1) is 22.9 Å². The van der Waals surface area contributed by atoms with Crippen molar-refractivity contribution < 1.29 is 14.2 Å². The van der Waals surface area contributed by atoms with Gasteiger partial charge in [-0.05, 0) is 39.6 Å². The van der Waals surface area contributed by atoms with Crippen LogP contribution in [0.3, 0.4) is 0 Å². The molecule has 6 heteroatoms. The summed E-state index contributed by atoms with van der Waals surface area (Å²) in [6.07, 6.45) is 0. The first-order valence-corrected chi connectivity index (χ1v) is 8.18. The zero-order valence-corrected chi connectivity index (χ0v) is 15.0. The second kappa shape index (κ2) is 6.87. The van der Waals surface area contributed by atoms with Crippen LogP contribution in [0.25, 0.3) is 0 Å². The highest BCUT2D eigenvalue weighted by molar-refractivity contribution is 14.1. The molecule has 0 saturated heterocycles. The number of hydrogen-bond donors (Lipinski definition) is 0. The quantitative estimate of drug-likeness (QED) is 0.514. The van der Waals surface area contributed by atoms with Crippen molar-refractivity contribution in [3.05, 3.63) is 37.6 Å². The maximum atomic E-state index is 6.61. The summed E-state index contributed by atoms with van der Waals surface area (Å²) in [6.45, 7) is 0. The van der Waals surface area contributed by atoms with E-state index in [0.29, 0.717) is 17.2 Å². The van der Waals surface area contributed by atoms with Gasteiger partial charge in [0.2, 0.25) is 0 Å². The van der Waals surface area contributed by atoms with Crippen LogP contribution < -0.4 is 14.2 Å². The van der Waals surface area contributed by atoms with Crippen LogP contribution in [0.4, 0.5) is 0 Å². The average Bonchev–Trinajstić information content (AvgIpc) is 2.91.